The number of nitro benzene ring substituents is 1. The van der Waals surface area contributed by atoms with Crippen LogP contribution in [0.1, 0.15) is 11.3 Å². The lowest BCUT2D eigenvalue weighted by Crippen LogP contribution is -2.07. The minimum atomic E-state index is -4.67. The number of hydrogen-bond acceptors (Lipinski definition) is 4. The number of alkyl halides is 3. The van der Waals surface area contributed by atoms with Crippen LogP contribution in [0.15, 0.2) is 65.9 Å². The Kier molecular flexibility index (Phi) is 5.68. The van der Waals surface area contributed by atoms with Gasteiger partial charge in [0.25, 0.3) is 5.69 Å². The van der Waals surface area contributed by atoms with E-state index < -0.39 is 22.4 Å². The summed E-state index contributed by atoms with van der Waals surface area (Å²) in [5, 5.41) is 15.0. The molecule has 1 aromatic heterocycles. The minimum Gasteiger partial charge on any atom is -0.316 e. The molecule has 0 saturated heterocycles. The summed E-state index contributed by atoms with van der Waals surface area (Å²) in [5.41, 5.74) is 2.08. The molecule has 0 unspecified atom stereocenters. The number of hydrogen-bond donors (Lipinski definition) is 1. The van der Waals surface area contributed by atoms with Gasteiger partial charge in [-0.05, 0) is 71.1 Å². The second kappa shape index (κ2) is 8.00. The second-order valence-corrected chi connectivity index (χ2v) is 6.88. The van der Waals surface area contributed by atoms with Gasteiger partial charge < -0.3 is 4.57 Å². The zero-order valence-electron chi connectivity index (χ0n) is 14.0. The standard InChI is InChI=1S/C18H12F3IN4O2/c19-18(20,21)12-3-8-16(17(10-12)26(27)28)24-23-11-15-2-1-9-25(15)14-6-4-13(22)5-7-14/h1-11,24H/b23-11-. The molecule has 2 aromatic carbocycles. The van der Waals surface area contributed by atoms with Crippen molar-refractivity contribution in [1.29, 1.82) is 0 Å². The summed E-state index contributed by atoms with van der Waals surface area (Å²) >= 11 is 2.20. The molecule has 6 nitrogen and oxygen atoms in total. The predicted molar refractivity (Wildman–Crippen MR) is 108 cm³/mol. The van der Waals surface area contributed by atoms with Gasteiger partial charge in [0.1, 0.15) is 5.69 Å². The van der Waals surface area contributed by atoms with Crippen molar-refractivity contribution in [2.45, 2.75) is 6.18 Å². The highest BCUT2D eigenvalue weighted by Gasteiger charge is 2.33. The van der Waals surface area contributed by atoms with E-state index in [1.54, 1.807) is 12.1 Å². The number of rotatable bonds is 5. The van der Waals surface area contributed by atoms with Gasteiger partial charge >= 0.3 is 6.18 Å². The Balaban J connectivity index is 1.83. The molecule has 10 heteroatoms. The molecule has 0 atom stereocenters. The van der Waals surface area contributed by atoms with Crippen molar-refractivity contribution in [3.05, 3.63) is 85.7 Å². The van der Waals surface area contributed by atoms with E-state index in [4.69, 9.17) is 0 Å². The number of nitrogens with zero attached hydrogens (tertiary/aromatic N) is 3. The van der Waals surface area contributed by atoms with Gasteiger partial charge in [-0.15, -0.1) is 0 Å². The summed E-state index contributed by atoms with van der Waals surface area (Å²) in [4.78, 5) is 10.2. The van der Waals surface area contributed by atoms with Crippen molar-refractivity contribution >= 4 is 40.2 Å². The summed E-state index contributed by atoms with van der Waals surface area (Å²) in [6.07, 6.45) is -1.41. The van der Waals surface area contributed by atoms with Crippen LogP contribution in [0.2, 0.25) is 0 Å². The first-order valence-electron chi connectivity index (χ1n) is 7.84. The number of benzene rings is 2. The van der Waals surface area contributed by atoms with Gasteiger partial charge in [-0.3, -0.25) is 15.5 Å². The lowest BCUT2D eigenvalue weighted by molar-refractivity contribution is -0.384. The average Bonchev–Trinajstić information content (AvgIpc) is 3.10. The van der Waals surface area contributed by atoms with Crippen LogP contribution >= 0.6 is 22.6 Å². The number of nitro groups is 1. The zero-order chi connectivity index (χ0) is 20.3. The molecule has 0 aliphatic carbocycles. The van der Waals surface area contributed by atoms with Crippen molar-refractivity contribution in [1.82, 2.24) is 4.57 Å². The van der Waals surface area contributed by atoms with E-state index >= 15 is 0 Å². The second-order valence-electron chi connectivity index (χ2n) is 5.64. The van der Waals surface area contributed by atoms with Gasteiger partial charge in [0.05, 0.1) is 22.4 Å². The van der Waals surface area contributed by atoms with Gasteiger partial charge in [0.15, 0.2) is 0 Å². The van der Waals surface area contributed by atoms with E-state index in [1.165, 1.54) is 6.21 Å². The van der Waals surface area contributed by atoms with Crippen molar-refractivity contribution in [2.75, 3.05) is 5.43 Å². The average molecular weight is 500 g/mol. The van der Waals surface area contributed by atoms with Crippen LogP contribution < -0.4 is 5.43 Å². The maximum Gasteiger partial charge on any atom is 0.416 e. The van der Waals surface area contributed by atoms with Gasteiger partial charge in [0.2, 0.25) is 0 Å². The number of nitrogens with one attached hydrogen (secondary N) is 1. The quantitative estimate of drug-likeness (QED) is 0.219. The smallest absolute Gasteiger partial charge is 0.316 e. The van der Waals surface area contributed by atoms with Crippen LogP contribution in [-0.4, -0.2) is 15.7 Å². The first kappa shape index (κ1) is 19.9. The Hall–Kier alpha value is -2.89. The summed E-state index contributed by atoms with van der Waals surface area (Å²) in [5.74, 6) is 0. The highest BCUT2D eigenvalue weighted by molar-refractivity contribution is 14.1. The largest absolute Gasteiger partial charge is 0.416 e. The number of anilines is 1. The molecule has 144 valence electrons. The topological polar surface area (TPSA) is 72.5 Å². The lowest BCUT2D eigenvalue weighted by atomic mass is 10.1. The van der Waals surface area contributed by atoms with E-state index in [9.17, 15) is 23.3 Å². The Labute approximate surface area is 171 Å². The fraction of sp³-hybridized carbons (Fsp3) is 0.0556. The zero-order valence-corrected chi connectivity index (χ0v) is 16.2. The number of halogens is 4. The SMILES string of the molecule is O=[N+]([O-])c1cc(C(F)(F)F)ccc1N/N=C\c1cccn1-c1ccc(I)cc1. The molecule has 1 heterocycles. The molecule has 0 radical (unpaired) electrons. The molecule has 3 aromatic rings. The Bertz CT molecular complexity index is 1030. The lowest BCUT2D eigenvalue weighted by Gasteiger charge is -2.09. The Morgan fingerprint density at radius 1 is 1.14 bits per heavy atom. The molecule has 0 saturated carbocycles. The van der Waals surface area contributed by atoms with E-state index in [0.29, 0.717) is 11.8 Å². The van der Waals surface area contributed by atoms with Crippen molar-refractivity contribution in [2.24, 2.45) is 5.10 Å². The van der Waals surface area contributed by atoms with Crippen LogP contribution in [0, 0.1) is 13.7 Å². The van der Waals surface area contributed by atoms with Crippen LogP contribution in [0.5, 0.6) is 0 Å². The molecule has 0 aliphatic heterocycles. The maximum atomic E-state index is 12.8. The van der Waals surface area contributed by atoms with Gasteiger partial charge in [-0.25, -0.2) is 0 Å². The van der Waals surface area contributed by atoms with Crippen molar-refractivity contribution < 1.29 is 18.1 Å². The number of aromatic nitrogens is 1. The maximum absolute atomic E-state index is 12.8. The summed E-state index contributed by atoms with van der Waals surface area (Å²) in [6, 6.07) is 13.5. The molecule has 28 heavy (non-hydrogen) atoms. The van der Waals surface area contributed by atoms with Crippen molar-refractivity contribution in [3.8, 4) is 5.69 Å². The molecular formula is C18H12F3IN4O2. The molecule has 0 fully saturated rings. The highest BCUT2D eigenvalue weighted by Crippen LogP contribution is 2.34. The Morgan fingerprint density at radius 3 is 2.50 bits per heavy atom. The van der Waals surface area contributed by atoms with E-state index in [-0.39, 0.29) is 5.69 Å². The fourth-order valence-electron chi connectivity index (χ4n) is 2.46. The first-order valence-corrected chi connectivity index (χ1v) is 8.91. The van der Waals surface area contributed by atoms with Crippen LogP contribution in [0.3, 0.4) is 0 Å². The Morgan fingerprint density at radius 2 is 1.86 bits per heavy atom. The molecule has 0 aliphatic rings. The van der Waals surface area contributed by atoms with Crippen LogP contribution in [-0.2, 0) is 6.18 Å². The minimum absolute atomic E-state index is 0.137. The van der Waals surface area contributed by atoms with E-state index in [2.05, 4.69) is 33.1 Å². The summed E-state index contributed by atoms with van der Waals surface area (Å²) < 4.78 is 41.2. The molecular weight excluding hydrogens is 488 g/mol. The van der Waals surface area contributed by atoms with Crippen LogP contribution in [0.4, 0.5) is 24.5 Å². The highest BCUT2D eigenvalue weighted by atomic mass is 127. The summed E-state index contributed by atoms with van der Waals surface area (Å²) in [6.45, 7) is 0. The van der Waals surface area contributed by atoms with Gasteiger partial charge in [-0.2, -0.15) is 18.3 Å². The predicted octanol–water partition coefficient (Wildman–Crippen LogP) is 5.45. The van der Waals surface area contributed by atoms with Gasteiger partial charge in [0, 0.05) is 21.5 Å². The van der Waals surface area contributed by atoms with Crippen LogP contribution in [0.25, 0.3) is 5.69 Å². The third-order valence-corrected chi connectivity index (χ3v) is 4.51. The summed E-state index contributed by atoms with van der Waals surface area (Å²) in [7, 11) is 0. The van der Waals surface area contributed by atoms with Crippen molar-refractivity contribution in [3.63, 3.8) is 0 Å². The van der Waals surface area contributed by atoms with Gasteiger partial charge in [-0.1, -0.05) is 0 Å². The third-order valence-electron chi connectivity index (χ3n) is 3.79. The monoisotopic (exact) mass is 500 g/mol. The molecule has 0 amide bonds. The fourth-order valence-corrected chi connectivity index (χ4v) is 2.82. The third kappa shape index (κ3) is 4.50. The van der Waals surface area contributed by atoms with E-state index in [1.807, 2.05) is 35.0 Å². The molecule has 3 rings (SSSR count). The number of hydrazone groups is 1. The molecule has 0 spiro atoms. The molecule has 0 bridgehead atoms. The van der Waals surface area contributed by atoms with E-state index in [0.717, 1.165) is 21.4 Å². The first-order chi connectivity index (χ1) is 13.3. The normalized spacial score (nSPS) is 11.7. The molecule has 1 N–H and O–H groups in total.